The summed E-state index contributed by atoms with van der Waals surface area (Å²) in [5, 5.41) is 1.74. The molecule has 0 saturated heterocycles. The highest BCUT2D eigenvalue weighted by molar-refractivity contribution is 7.94. The average molecular weight is 471 g/mol. The molecule has 0 atom stereocenters. The number of para-hydroxylation sites is 1. The van der Waals surface area contributed by atoms with E-state index >= 15 is 0 Å². The summed E-state index contributed by atoms with van der Waals surface area (Å²) in [5.41, 5.74) is 1.78. The Morgan fingerprint density at radius 2 is 1.75 bits per heavy atom. The van der Waals surface area contributed by atoms with Crippen molar-refractivity contribution < 1.29 is 22.3 Å². The van der Waals surface area contributed by atoms with E-state index in [9.17, 15) is 8.42 Å². The Hall–Kier alpha value is -3.30. The summed E-state index contributed by atoms with van der Waals surface area (Å²) in [6, 6.07) is 17.6. The second kappa shape index (κ2) is 9.05. The quantitative estimate of drug-likeness (QED) is 0.355. The van der Waals surface area contributed by atoms with Crippen LogP contribution >= 0.6 is 11.3 Å². The number of benzene rings is 2. The topological polar surface area (TPSA) is 81.9 Å². The number of hydrogen-bond donors (Lipinski definition) is 0. The number of thiophene rings is 1. The second-order valence-electron chi connectivity index (χ2n) is 6.87. The van der Waals surface area contributed by atoms with E-state index in [1.807, 2.05) is 12.1 Å². The molecular weight excluding hydrogens is 448 g/mol. The van der Waals surface area contributed by atoms with Crippen LogP contribution in [0.4, 0.5) is 5.69 Å². The van der Waals surface area contributed by atoms with Gasteiger partial charge in [0.05, 0.1) is 26.5 Å². The maximum Gasteiger partial charge on any atom is 0.274 e. The van der Waals surface area contributed by atoms with Crippen molar-refractivity contribution >= 4 is 27.0 Å². The van der Waals surface area contributed by atoms with E-state index in [1.54, 1.807) is 75.1 Å². The monoisotopic (exact) mass is 470 g/mol. The Kier molecular flexibility index (Phi) is 6.20. The number of anilines is 1. The third kappa shape index (κ3) is 4.21. The van der Waals surface area contributed by atoms with Gasteiger partial charge < -0.3 is 13.9 Å². The van der Waals surface area contributed by atoms with Crippen molar-refractivity contribution in [3.05, 3.63) is 77.5 Å². The molecule has 2 heterocycles. The van der Waals surface area contributed by atoms with Crippen molar-refractivity contribution in [1.82, 2.24) is 4.98 Å². The lowest BCUT2D eigenvalue weighted by molar-refractivity contribution is 0.355. The van der Waals surface area contributed by atoms with E-state index in [4.69, 9.17) is 13.9 Å². The van der Waals surface area contributed by atoms with Crippen LogP contribution < -0.4 is 13.8 Å². The smallest absolute Gasteiger partial charge is 0.274 e. The van der Waals surface area contributed by atoms with E-state index < -0.39 is 10.0 Å². The van der Waals surface area contributed by atoms with Crippen molar-refractivity contribution in [1.29, 1.82) is 0 Å². The molecule has 0 radical (unpaired) electrons. The molecular formula is C23H22N2O5S2. The SMILES string of the molecule is COc1ccc(-c2nc(CN(c3ccccc3)S(=O)(=O)c3cccs3)c(C)o2)cc1OC. The summed E-state index contributed by atoms with van der Waals surface area (Å²) in [6.07, 6.45) is 0. The third-order valence-corrected chi connectivity index (χ3v) is 8.05. The maximum atomic E-state index is 13.4. The lowest BCUT2D eigenvalue weighted by Crippen LogP contribution is -2.30. The second-order valence-corrected chi connectivity index (χ2v) is 9.91. The summed E-state index contributed by atoms with van der Waals surface area (Å²) < 4.78 is 44.9. The molecule has 4 aromatic rings. The van der Waals surface area contributed by atoms with Crippen LogP contribution in [0.15, 0.2) is 74.7 Å². The first kappa shape index (κ1) is 21.9. The zero-order valence-electron chi connectivity index (χ0n) is 17.8. The molecule has 2 aromatic heterocycles. The minimum absolute atomic E-state index is 0.0346. The van der Waals surface area contributed by atoms with Crippen LogP contribution in [-0.2, 0) is 16.6 Å². The minimum Gasteiger partial charge on any atom is -0.493 e. The summed E-state index contributed by atoms with van der Waals surface area (Å²) in [5.74, 6) is 2.06. The molecule has 9 heteroatoms. The van der Waals surface area contributed by atoms with Gasteiger partial charge in [0, 0.05) is 5.56 Å². The summed E-state index contributed by atoms with van der Waals surface area (Å²) >= 11 is 1.18. The van der Waals surface area contributed by atoms with E-state index in [0.717, 1.165) is 0 Å². The molecule has 166 valence electrons. The predicted molar refractivity (Wildman–Crippen MR) is 124 cm³/mol. The molecule has 0 amide bonds. The Morgan fingerprint density at radius 3 is 2.41 bits per heavy atom. The molecule has 0 aliphatic heterocycles. The number of rotatable bonds is 8. The molecule has 32 heavy (non-hydrogen) atoms. The van der Waals surface area contributed by atoms with Crippen LogP contribution in [0.3, 0.4) is 0 Å². The number of methoxy groups -OCH3 is 2. The Balaban J connectivity index is 1.72. The van der Waals surface area contributed by atoms with Gasteiger partial charge in [-0.3, -0.25) is 4.31 Å². The fourth-order valence-corrected chi connectivity index (χ4v) is 5.76. The standard InChI is InChI=1S/C23H22N2O5S2/c1-16-19(24-23(30-16)17-11-12-20(28-2)21(14-17)29-3)15-25(18-8-5-4-6-9-18)32(26,27)22-10-7-13-31-22/h4-14H,15H2,1-3H3. The fourth-order valence-electron chi connectivity index (χ4n) is 3.23. The molecule has 7 nitrogen and oxygen atoms in total. The highest BCUT2D eigenvalue weighted by atomic mass is 32.2. The number of hydrogen-bond acceptors (Lipinski definition) is 7. The normalized spacial score (nSPS) is 11.3. The third-order valence-electron chi connectivity index (χ3n) is 4.90. The van der Waals surface area contributed by atoms with Crippen LogP contribution in [-0.4, -0.2) is 27.6 Å². The molecule has 4 rings (SSSR count). The van der Waals surface area contributed by atoms with Crippen molar-refractivity contribution in [2.75, 3.05) is 18.5 Å². The minimum atomic E-state index is -3.77. The van der Waals surface area contributed by atoms with Gasteiger partial charge in [-0.2, -0.15) is 0 Å². The van der Waals surface area contributed by atoms with Gasteiger partial charge in [-0.25, -0.2) is 13.4 Å². The van der Waals surface area contributed by atoms with Crippen LogP contribution in [0.25, 0.3) is 11.5 Å². The van der Waals surface area contributed by atoms with Gasteiger partial charge in [-0.15, -0.1) is 11.3 Å². The molecule has 0 saturated carbocycles. The number of oxazole rings is 1. The molecule has 2 aromatic carbocycles. The van der Waals surface area contributed by atoms with Crippen molar-refractivity contribution in [2.24, 2.45) is 0 Å². The highest BCUT2D eigenvalue weighted by Crippen LogP contribution is 2.34. The number of ether oxygens (including phenoxy) is 2. The van der Waals surface area contributed by atoms with E-state index in [0.29, 0.717) is 40.1 Å². The number of sulfonamides is 1. The average Bonchev–Trinajstić information content (AvgIpc) is 3.48. The van der Waals surface area contributed by atoms with E-state index in [-0.39, 0.29) is 10.8 Å². The number of nitrogens with zero attached hydrogens (tertiary/aromatic N) is 2. The van der Waals surface area contributed by atoms with Gasteiger partial charge in [0.15, 0.2) is 11.5 Å². The molecule has 0 aliphatic carbocycles. The predicted octanol–water partition coefficient (Wildman–Crippen LogP) is 5.12. The molecule has 0 spiro atoms. The van der Waals surface area contributed by atoms with Crippen LogP contribution in [0.1, 0.15) is 11.5 Å². The lowest BCUT2D eigenvalue weighted by atomic mass is 10.2. The van der Waals surface area contributed by atoms with Gasteiger partial charge in [0.25, 0.3) is 10.0 Å². The highest BCUT2D eigenvalue weighted by Gasteiger charge is 2.28. The summed E-state index contributed by atoms with van der Waals surface area (Å²) in [6.45, 7) is 1.81. The Bertz CT molecular complexity index is 1300. The first-order valence-corrected chi connectivity index (χ1v) is 12.1. The van der Waals surface area contributed by atoms with Crippen molar-refractivity contribution in [2.45, 2.75) is 17.7 Å². The van der Waals surface area contributed by atoms with Gasteiger partial charge in [-0.1, -0.05) is 24.3 Å². The van der Waals surface area contributed by atoms with Gasteiger partial charge >= 0.3 is 0 Å². The van der Waals surface area contributed by atoms with E-state index in [1.165, 1.54) is 15.6 Å². The van der Waals surface area contributed by atoms with Crippen molar-refractivity contribution in [3.8, 4) is 23.0 Å². The molecule has 0 fully saturated rings. The van der Waals surface area contributed by atoms with Crippen LogP contribution in [0, 0.1) is 6.92 Å². The van der Waals surface area contributed by atoms with E-state index in [2.05, 4.69) is 4.98 Å². The summed E-state index contributed by atoms with van der Waals surface area (Å²) in [4.78, 5) is 4.61. The summed E-state index contributed by atoms with van der Waals surface area (Å²) in [7, 11) is -0.644. The van der Waals surface area contributed by atoms with Crippen LogP contribution in [0.5, 0.6) is 11.5 Å². The lowest BCUT2D eigenvalue weighted by Gasteiger charge is -2.23. The maximum absolute atomic E-state index is 13.4. The van der Waals surface area contributed by atoms with Gasteiger partial charge in [-0.05, 0) is 48.7 Å². The molecule has 0 N–H and O–H groups in total. The van der Waals surface area contributed by atoms with Gasteiger partial charge in [0.1, 0.15) is 15.7 Å². The Morgan fingerprint density at radius 1 is 1.00 bits per heavy atom. The van der Waals surface area contributed by atoms with Crippen LogP contribution in [0.2, 0.25) is 0 Å². The molecule has 0 bridgehead atoms. The number of aryl methyl sites for hydroxylation is 1. The largest absolute Gasteiger partial charge is 0.493 e. The first-order chi connectivity index (χ1) is 15.4. The van der Waals surface area contributed by atoms with Crippen molar-refractivity contribution in [3.63, 3.8) is 0 Å². The zero-order valence-corrected chi connectivity index (χ0v) is 19.4. The van der Waals surface area contributed by atoms with Gasteiger partial charge in [0.2, 0.25) is 5.89 Å². The fraction of sp³-hybridized carbons (Fsp3) is 0.174. The molecule has 0 aliphatic rings. The molecule has 0 unspecified atom stereocenters. The Labute approximate surface area is 190 Å². The number of aromatic nitrogens is 1. The first-order valence-electron chi connectivity index (χ1n) is 9.74. The zero-order chi connectivity index (χ0) is 22.7.